The van der Waals surface area contributed by atoms with Crippen LogP contribution in [0.25, 0.3) is 0 Å². The van der Waals surface area contributed by atoms with Crippen LogP contribution in [0, 0.1) is 0 Å². The monoisotopic (exact) mass is 224 g/mol. The van der Waals surface area contributed by atoms with E-state index in [1.165, 1.54) is 0 Å². The number of amides is 1. The molecule has 1 rings (SSSR count). The third-order valence-electron chi connectivity index (χ3n) is 2.00. The molecule has 3 N–H and O–H groups in total. The van der Waals surface area contributed by atoms with Crippen LogP contribution in [0.4, 0.5) is 10.5 Å². The molecule has 0 unspecified atom stereocenters. The fourth-order valence-electron chi connectivity index (χ4n) is 1.29. The Morgan fingerprint density at radius 1 is 1.50 bits per heavy atom. The summed E-state index contributed by atoms with van der Waals surface area (Å²) in [5.74, 6) is 0.686. The van der Waals surface area contributed by atoms with Crippen molar-refractivity contribution in [3.05, 3.63) is 23.8 Å². The Hall–Kier alpha value is -1.91. The quantitative estimate of drug-likeness (QED) is 0.760. The van der Waals surface area contributed by atoms with Crippen molar-refractivity contribution < 1.29 is 14.3 Å². The molecule has 0 aliphatic rings. The molecule has 0 spiro atoms. The van der Waals surface area contributed by atoms with E-state index in [0.717, 1.165) is 5.56 Å². The highest BCUT2D eigenvalue weighted by Gasteiger charge is 2.06. The second-order valence-electron chi connectivity index (χ2n) is 3.15. The number of anilines is 1. The number of rotatable bonds is 4. The zero-order valence-corrected chi connectivity index (χ0v) is 9.45. The molecule has 88 valence electrons. The number of nitrogens with two attached hydrogens (primary N) is 1. The first-order valence-corrected chi connectivity index (χ1v) is 5.00. The van der Waals surface area contributed by atoms with Crippen molar-refractivity contribution in [3.63, 3.8) is 0 Å². The van der Waals surface area contributed by atoms with E-state index in [1.807, 2.05) is 0 Å². The van der Waals surface area contributed by atoms with Crippen LogP contribution in [0.15, 0.2) is 18.2 Å². The van der Waals surface area contributed by atoms with Gasteiger partial charge in [-0.05, 0) is 25.1 Å². The highest BCUT2D eigenvalue weighted by atomic mass is 16.5. The van der Waals surface area contributed by atoms with Gasteiger partial charge in [0.05, 0.1) is 13.7 Å². The van der Waals surface area contributed by atoms with Gasteiger partial charge in [-0.2, -0.15) is 0 Å². The Bertz CT molecular complexity index is 366. The molecule has 0 saturated carbocycles. The first kappa shape index (κ1) is 12.2. The molecule has 0 aliphatic heterocycles. The van der Waals surface area contributed by atoms with Gasteiger partial charge in [0.1, 0.15) is 5.75 Å². The molecule has 0 atom stereocenters. The number of hydrogen-bond acceptors (Lipinski definition) is 4. The minimum Gasteiger partial charge on any atom is -0.496 e. The summed E-state index contributed by atoms with van der Waals surface area (Å²) >= 11 is 0. The van der Waals surface area contributed by atoms with E-state index in [-0.39, 0.29) is 0 Å². The highest BCUT2D eigenvalue weighted by Crippen LogP contribution is 2.20. The van der Waals surface area contributed by atoms with E-state index in [9.17, 15) is 4.79 Å². The van der Waals surface area contributed by atoms with Gasteiger partial charge < -0.3 is 20.5 Å². The number of carbonyl (C=O) groups excluding carboxylic acids is 1. The van der Waals surface area contributed by atoms with Crippen LogP contribution >= 0.6 is 0 Å². The maximum atomic E-state index is 11.1. The summed E-state index contributed by atoms with van der Waals surface area (Å²) in [6.07, 6.45) is -0.452. The molecular formula is C11H16N2O3. The van der Waals surface area contributed by atoms with E-state index in [0.29, 0.717) is 24.6 Å². The lowest BCUT2D eigenvalue weighted by atomic mass is 10.2. The molecule has 0 aliphatic carbocycles. The molecule has 0 heterocycles. The van der Waals surface area contributed by atoms with Gasteiger partial charge in [-0.3, -0.25) is 0 Å². The number of benzene rings is 1. The van der Waals surface area contributed by atoms with Crippen molar-refractivity contribution in [2.24, 2.45) is 0 Å². The Labute approximate surface area is 94.5 Å². The summed E-state index contributed by atoms with van der Waals surface area (Å²) in [4.78, 5) is 11.1. The lowest BCUT2D eigenvalue weighted by Gasteiger charge is -2.10. The topological polar surface area (TPSA) is 73.6 Å². The number of methoxy groups -OCH3 is 1. The van der Waals surface area contributed by atoms with Crippen LogP contribution in [0.5, 0.6) is 5.75 Å². The summed E-state index contributed by atoms with van der Waals surface area (Å²) in [5, 5.41) is 2.61. The van der Waals surface area contributed by atoms with Crippen LogP contribution in [0.3, 0.4) is 0 Å². The fraction of sp³-hybridized carbons (Fsp3) is 0.364. The minimum absolute atomic E-state index is 0.326. The average molecular weight is 224 g/mol. The summed E-state index contributed by atoms with van der Waals surface area (Å²) in [7, 11) is 1.57. The third-order valence-corrected chi connectivity index (χ3v) is 2.00. The molecule has 16 heavy (non-hydrogen) atoms. The lowest BCUT2D eigenvalue weighted by molar-refractivity contribution is 0.151. The zero-order chi connectivity index (χ0) is 12.0. The van der Waals surface area contributed by atoms with Crippen molar-refractivity contribution in [2.45, 2.75) is 13.5 Å². The first-order chi connectivity index (χ1) is 7.67. The molecular weight excluding hydrogens is 208 g/mol. The van der Waals surface area contributed by atoms with Gasteiger partial charge >= 0.3 is 6.09 Å². The van der Waals surface area contributed by atoms with E-state index in [1.54, 1.807) is 32.2 Å². The van der Waals surface area contributed by atoms with Gasteiger partial charge in [0.25, 0.3) is 0 Å². The molecule has 0 bridgehead atoms. The van der Waals surface area contributed by atoms with Crippen LogP contribution in [0.2, 0.25) is 0 Å². The molecule has 0 radical (unpaired) electrons. The van der Waals surface area contributed by atoms with Gasteiger partial charge in [-0.25, -0.2) is 4.79 Å². The fourth-order valence-corrected chi connectivity index (χ4v) is 1.29. The van der Waals surface area contributed by atoms with Gasteiger partial charge in [-0.15, -0.1) is 0 Å². The Morgan fingerprint density at radius 2 is 2.25 bits per heavy atom. The van der Waals surface area contributed by atoms with Crippen molar-refractivity contribution in [3.8, 4) is 5.75 Å². The third kappa shape index (κ3) is 3.34. The predicted molar refractivity (Wildman–Crippen MR) is 61.3 cm³/mol. The van der Waals surface area contributed by atoms with Crippen LogP contribution < -0.4 is 15.8 Å². The van der Waals surface area contributed by atoms with Gasteiger partial charge in [0.15, 0.2) is 0 Å². The number of ether oxygens (including phenoxy) is 2. The molecule has 5 heteroatoms. The number of nitrogens with one attached hydrogen (secondary N) is 1. The summed E-state index contributed by atoms with van der Waals surface area (Å²) in [6.45, 7) is 2.42. The van der Waals surface area contributed by atoms with E-state index in [4.69, 9.17) is 15.2 Å². The Morgan fingerprint density at radius 3 is 2.88 bits per heavy atom. The molecule has 1 aromatic rings. The normalized spacial score (nSPS) is 9.62. The summed E-state index contributed by atoms with van der Waals surface area (Å²) in [6, 6.07) is 5.26. The van der Waals surface area contributed by atoms with E-state index >= 15 is 0 Å². The second kappa shape index (κ2) is 5.85. The number of hydrogen-bond donors (Lipinski definition) is 2. The van der Waals surface area contributed by atoms with Gasteiger partial charge in [0.2, 0.25) is 0 Å². The van der Waals surface area contributed by atoms with Crippen molar-refractivity contribution in [1.29, 1.82) is 0 Å². The standard InChI is InChI=1S/C11H16N2O3/c1-3-16-11(14)13-7-8-6-9(12)4-5-10(8)15-2/h4-6H,3,7,12H2,1-2H3,(H,13,14). The van der Waals surface area contributed by atoms with E-state index in [2.05, 4.69) is 5.32 Å². The molecule has 5 nitrogen and oxygen atoms in total. The number of alkyl carbamates (subject to hydrolysis) is 1. The Kier molecular flexibility index (Phi) is 4.44. The largest absolute Gasteiger partial charge is 0.496 e. The molecule has 1 aromatic carbocycles. The van der Waals surface area contributed by atoms with Gasteiger partial charge in [-0.1, -0.05) is 0 Å². The number of nitrogen functional groups attached to an aromatic ring is 1. The molecule has 0 saturated heterocycles. The van der Waals surface area contributed by atoms with Crippen molar-refractivity contribution in [2.75, 3.05) is 19.5 Å². The second-order valence-corrected chi connectivity index (χ2v) is 3.15. The number of carbonyl (C=O) groups is 1. The smallest absolute Gasteiger partial charge is 0.407 e. The molecule has 1 amide bonds. The lowest BCUT2D eigenvalue weighted by Crippen LogP contribution is -2.23. The van der Waals surface area contributed by atoms with Gasteiger partial charge in [0, 0.05) is 17.8 Å². The SMILES string of the molecule is CCOC(=O)NCc1cc(N)ccc1OC. The highest BCUT2D eigenvalue weighted by molar-refractivity contribution is 5.67. The summed E-state index contributed by atoms with van der Waals surface area (Å²) < 4.78 is 9.89. The van der Waals surface area contributed by atoms with Crippen LogP contribution in [-0.4, -0.2) is 19.8 Å². The van der Waals surface area contributed by atoms with Crippen molar-refractivity contribution >= 4 is 11.8 Å². The molecule has 0 aromatic heterocycles. The zero-order valence-electron chi connectivity index (χ0n) is 9.45. The maximum absolute atomic E-state index is 11.1. The minimum atomic E-state index is -0.452. The van der Waals surface area contributed by atoms with Crippen LogP contribution in [-0.2, 0) is 11.3 Å². The molecule has 0 fully saturated rings. The maximum Gasteiger partial charge on any atom is 0.407 e. The van der Waals surface area contributed by atoms with E-state index < -0.39 is 6.09 Å². The predicted octanol–water partition coefficient (Wildman–Crippen LogP) is 1.52. The first-order valence-electron chi connectivity index (χ1n) is 5.00. The average Bonchev–Trinajstić information content (AvgIpc) is 2.27. The van der Waals surface area contributed by atoms with Crippen molar-refractivity contribution in [1.82, 2.24) is 5.32 Å². The Balaban J connectivity index is 2.65. The summed E-state index contributed by atoms with van der Waals surface area (Å²) in [5.41, 5.74) is 7.09. The van der Waals surface area contributed by atoms with Crippen LogP contribution in [0.1, 0.15) is 12.5 Å².